The molecular formula is C28H24Cl2N2O4S. The fourth-order valence-corrected chi connectivity index (χ4v) is 4.85. The van der Waals surface area contributed by atoms with E-state index < -0.39 is 17.1 Å². The number of hydrogen-bond acceptors (Lipinski definition) is 5. The molecule has 1 aliphatic rings. The van der Waals surface area contributed by atoms with Crippen molar-refractivity contribution in [3.05, 3.63) is 98.4 Å². The largest absolute Gasteiger partial charge is 0.488 e. The summed E-state index contributed by atoms with van der Waals surface area (Å²) in [4.78, 5) is 39.2. The Hall–Kier alpha value is -3.26. The van der Waals surface area contributed by atoms with Crippen molar-refractivity contribution >= 4 is 63.8 Å². The van der Waals surface area contributed by atoms with E-state index in [9.17, 15) is 14.4 Å². The minimum atomic E-state index is -0.555. The van der Waals surface area contributed by atoms with E-state index in [1.807, 2.05) is 24.3 Å². The Morgan fingerprint density at radius 3 is 2.46 bits per heavy atom. The molecule has 190 valence electrons. The zero-order valence-electron chi connectivity index (χ0n) is 20.2. The average molecular weight is 555 g/mol. The van der Waals surface area contributed by atoms with Crippen molar-refractivity contribution in [2.24, 2.45) is 0 Å². The maximum absolute atomic E-state index is 13.0. The summed E-state index contributed by atoms with van der Waals surface area (Å²) in [6.45, 7) is 4.03. The monoisotopic (exact) mass is 554 g/mol. The number of anilines is 1. The van der Waals surface area contributed by atoms with Gasteiger partial charge in [-0.25, -0.2) is 0 Å². The van der Waals surface area contributed by atoms with Crippen LogP contribution in [0.5, 0.6) is 5.75 Å². The number of imide groups is 1. The van der Waals surface area contributed by atoms with Gasteiger partial charge in [0.2, 0.25) is 5.91 Å². The number of nitrogens with one attached hydrogen (secondary N) is 1. The van der Waals surface area contributed by atoms with Crippen LogP contribution in [0, 0.1) is 0 Å². The Bertz CT molecular complexity index is 1370. The lowest BCUT2D eigenvalue weighted by molar-refractivity contribution is -0.127. The maximum atomic E-state index is 13.0. The minimum Gasteiger partial charge on any atom is -0.488 e. The number of ether oxygens (including phenoxy) is 1. The fourth-order valence-electron chi connectivity index (χ4n) is 3.62. The zero-order valence-corrected chi connectivity index (χ0v) is 22.5. The van der Waals surface area contributed by atoms with E-state index in [2.05, 4.69) is 19.2 Å². The van der Waals surface area contributed by atoms with Crippen LogP contribution in [0.4, 0.5) is 10.5 Å². The van der Waals surface area contributed by atoms with E-state index >= 15 is 0 Å². The molecule has 1 aliphatic heterocycles. The summed E-state index contributed by atoms with van der Waals surface area (Å²) in [5.41, 5.74) is 3.15. The van der Waals surface area contributed by atoms with E-state index in [0.29, 0.717) is 33.0 Å². The first-order chi connectivity index (χ1) is 17.7. The summed E-state index contributed by atoms with van der Waals surface area (Å²) >= 11 is 13.0. The van der Waals surface area contributed by atoms with E-state index in [-0.39, 0.29) is 18.1 Å². The van der Waals surface area contributed by atoms with Crippen LogP contribution in [0.3, 0.4) is 0 Å². The molecule has 3 amide bonds. The van der Waals surface area contributed by atoms with Crippen LogP contribution in [-0.4, -0.2) is 28.5 Å². The second-order valence-corrected chi connectivity index (χ2v) is 10.6. The number of carbonyl (C=O) groups excluding carboxylic acids is 3. The van der Waals surface area contributed by atoms with Gasteiger partial charge < -0.3 is 10.1 Å². The van der Waals surface area contributed by atoms with E-state index in [1.54, 1.807) is 48.5 Å². The summed E-state index contributed by atoms with van der Waals surface area (Å²) in [6.07, 6.45) is 1.55. The Balaban J connectivity index is 1.45. The molecule has 1 fully saturated rings. The number of nitrogens with zero attached hydrogens (tertiary/aromatic N) is 1. The smallest absolute Gasteiger partial charge is 0.294 e. The van der Waals surface area contributed by atoms with Crippen molar-refractivity contribution in [1.29, 1.82) is 0 Å². The first-order valence-electron chi connectivity index (χ1n) is 11.5. The molecule has 1 saturated heterocycles. The first-order valence-corrected chi connectivity index (χ1v) is 13.1. The van der Waals surface area contributed by atoms with Gasteiger partial charge in [-0.2, -0.15) is 0 Å². The van der Waals surface area contributed by atoms with Gasteiger partial charge in [0, 0.05) is 21.3 Å². The van der Waals surface area contributed by atoms with Gasteiger partial charge in [-0.05, 0) is 77.3 Å². The van der Waals surface area contributed by atoms with E-state index in [4.69, 9.17) is 27.9 Å². The SMILES string of the molecule is CC(C)c1ccc(NC(=O)CN2C(=O)S/C(=C/c3cc(Cl)ccc3OCc3cccc(Cl)c3)C2=O)cc1. The van der Waals surface area contributed by atoms with Gasteiger partial charge in [-0.3, -0.25) is 19.3 Å². The van der Waals surface area contributed by atoms with Gasteiger partial charge in [0.25, 0.3) is 11.1 Å². The number of amides is 3. The second-order valence-electron chi connectivity index (χ2n) is 8.69. The fraction of sp³-hybridized carbons (Fsp3) is 0.179. The number of hydrogen-bond donors (Lipinski definition) is 1. The number of rotatable bonds is 8. The van der Waals surface area contributed by atoms with Crippen molar-refractivity contribution in [3.8, 4) is 5.75 Å². The van der Waals surface area contributed by atoms with Crippen molar-refractivity contribution in [1.82, 2.24) is 4.90 Å². The number of benzene rings is 3. The highest BCUT2D eigenvalue weighted by molar-refractivity contribution is 8.18. The highest BCUT2D eigenvalue weighted by Gasteiger charge is 2.36. The van der Waals surface area contributed by atoms with E-state index in [1.165, 1.54) is 0 Å². The highest BCUT2D eigenvalue weighted by atomic mass is 35.5. The highest BCUT2D eigenvalue weighted by Crippen LogP contribution is 2.35. The maximum Gasteiger partial charge on any atom is 0.294 e. The number of halogens is 2. The van der Waals surface area contributed by atoms with Crippen LogP contribution in [-0.2, 0) is 16.2 Å². The third kappa shape index (κ3) is 6.95. The molecule has 3 aromatic carbocycles. The van der Waals surface area contributed by atoms with Crippen LogP contribution < -0.4 is 10.1 Å². The zero-order chi connectivity index (χ0) is 26.5. The standard InChI is InChI=1S/C28H24Cl2N2O4S/c1-17(2)19-6-9-23(10-7-19)31-26(33)15-32-27(34)25(37-28(32)35)14-20-13-22(30)8-11-24(20)36-16-18-4-3-5-21(29)12-18/h3-14,17H,15-16H2,1-2H3,(H,31,33)/b25-14+. The predicted molar refractivity (Wildman–Crippen MR) is 149 cm³/mol. The molecule has 0 bridgehead atoms. The summed E-state index contributed by atoms with van der Waals surface area (Å²) in [5.74, 6) is -0.164. The predicted octanol–water partition coefficient (Wildman–Crippen LogP) is 7.37. The van der Waals surface area contributed by atoms with Gasteiger partial charge in [-0.1, -0.05) is 61.3 Å². The Morgan fingerprint density at radius 1 is 1.03 bits per heavy atom. The lowest BCUT2D eigenvalue weighted by atomic mass is 10.0. The molecule has 0 aromatic heterocycles. The second kappa shape index (κ2) is 11.9. The lowest BCUT2D eigenvalue weighted by Gasteiger charge is -2.13. The summed E-state index contributed by atoms with van der Waals surface area (Å²) in [7, 11) is 0. The van der Waals surface area contributed by atoms with Gasteiger partial charge in [0.15, 0.2) is 0 Å². The Labute approximate surface area is 229 Å². The summed E-state index contributed by atoms with van der Waals surface area (Å²) in [5, 5.41) is 3.26. The molecule has 4 rings (SSSR count). The molecule has 0 saturated carbocycles. The molecule has 0 aliphatic carbocycles. The Morgan fingerprint density at radius 2 is 1.76 bits per heavy atom. The molecule has 6 nitrogen and oxygen atoms in total. The lowest BCUT2D eigenvalue weighted by Crippen LogP contribution is -2.36. The molecule has 3 aromatic rings. The summed E-state index contributed by atoms with van der Waals surface area (Å²) in [6, 6.07) is 19.8. The molecule has 0 spiro atoms. The third-order valence-corrected chi connectivity index (χ3v) is 6.96. The van der Waals surface area contributed by atoms with Crippen molar-refractivity contribution in [2.75, 3.05) is 11.9 Å². The van der Waals surface area contributed by atoms with Gasteiger partial charge in [0.1, 0.15) is 18.9 Å². The van der Waals surface area contributed by atoms with Crippen molar-refractivity contribution in [3.63, 3.8) is 0 Å². The topological polar surface area (TPSA) is 75.7 Å². The van der Waals surface area contributed by atoms with Crippen LogP contribution in [0.25, 0.3) is 6.08 Å². The van der Waals surface area contributed by atoms with Gasteiger partial charge >= 0.3 is 0 Å². The van der Waals surface area contributed by atoms with Crippen LogP contribution in [0.1, 0.15) is 36.5 Å². The molecule has 0 radical (unpaired) electrons. The van der Waals surface area contributed by atoms with Crippen LogP contribution in [0.15, 0.2) is 71.6 Å². The quantitative estimate of drug-likeness (QED) is 0.294. The molecule has 37 heavy (non-hydrogen) atoms. The number of carbonyl (C=O) groups is 3. The van der Waals surface area contributed by atoms with Crippen molar-refractivity contribution in [2.45, 2.75) is 26.4 Å². The third-order valence-electron chi connectivity index (χ3n) is 5.58. The normalized spacial score (nSPS) is 14.5. The van der Waals surface area contributed by atoms with Crippen LogP contribution >= 0.6 is 35.0 Å². The van der Waals surface area contributed by atoms with Crippen LogP contribution in [0.2, 0.25) is 10.0 Å². The minimum absolute atomic E-state index is 0.175. The molecule has 1 heterocycles. The van der Waals surface area contributed by atoms with E-state index in [0.717, 1.165) is 27.8 Å². The summed E-state index contributed by atoms with van der Waals surface area (Å²) < 4.78 is 5.94. The van der Waals surface area contributed by atoms with Gasteiger partial charge in [-0.15, -0.1) is 0 Å². The van der Waals surface area contributed by atoms with Crippen molar-refractivity contribution < 1.29 is 19.1 Å². The Kier molecular flexibility index (Phi) is 8.59. The molecule has 1 N–H and O–H groups in total. The van der Waals surface area contributed by atoms with Gasteiger partial charge in [0.05, 0.1) is 4.91 Å². The average Bonchev–Trinajstić information content (AvgIpc) is 3.11. The molecule has 0 atom stereocenters. The first kappa shape index (κ1) is 26.8. The number of thioether (sulfide) groups is 1. The molecule has 0 unspecified atom stereocenters. The molecular weight excluding hydrogens is 531 g/mol. The molecule has 9 heteroatoms.